The molecule has 10 heteroatoms. The lowest BCUT2D eigenvalue weighted by molar-refractivity contribution is -0.153. The van der Waals surface area contributed by atoms with Crippen LogP contribution in [-0.4, -0.2) is 64.6 Å². The molecule has 3 N–H and O–H groups in total. The number of ether oxygens (including phenoxy) is 3. The third kappa shape index (κ3) is 12.1. The van der Waals surface area contributed by atoms with Crippen molar-refractivity contribution in [1.82, 2.24) is 0 Å². The maximum atomic E-state index is 11.7. The summed E-state index contributed by atoms with van der Waals surface area (Å²) in [5.41, 5.74) is 0. The first-order chi connectivity index (χ1) is 14.8. The standard InChI is InChI=1S/C21H37O9P/c1-2-17-18(29-17)11-8-9-12-20-19(30-20)10-6-4-3-5-7-13-21(23)28-16(14-22)15-27-31(24,25)26/h8-9,16-20,22H,2-7,10-15H2,1H3,(H2,24,25,26)/b9-8-. The molecule has 5 atom stereocenters. The molecule has 2 saturated heterocycles. The second-order valence-corrected chi connectivity index (χ2v) is 9.40. The second kappa shape index (κ2) is 13.7. The Balaban J connectivity index is 1.38. The SMILES string of the molecule is CCC1OC1C/C=C\CC1OC1CCCCCCCC(=O)OC(CO)COP(=O)(O)O. The molecule has 2 fully saturated rings. The molecule has 0 aliphatic carbocycles. The largest absolute Gasteiger partial charge is 0.469 e. The van der Waals surface area contributed by atoms with Crippen LogP contribution in [0.2, 0.25) is 0 Å². The Kier molecular flexibility index (Phi) is 11.7. The van der Waals surface area contributed by atoms with Gasteiger partial charge in [0.15, 0.2) is 0 Å². The van der Waals surface area contributed by atoms with Crippen LogP contribution in [0, 0.1) is 0 Å². The van der Waals surface area contributed by atoms with Gasteiger partial charge in [-0.05, 0) is 32.1 Å². The van der Waals surface area contributed by atoms with Crippen molar-refractivity contribution in [2.75, 3.05) is 13.2 Å². The molecule has 0 bridgehead atoms. The van der Waals surface area contributed by atoms with E-state index in [0.29, 0.717) is 30.8 Å². The number of epoxide rings is 2. The van der Waals surface area contributed by atoms with Crippen molar-refractivity contribution in [2.24, 2.45) is 0 Å². The summed E-state index contributed by atoms with van der Waals surface area (Å²) in [6.07, 6.45) is 14.1. The zero-order valence-corrected chi connectivity index (χ0v) is 19.2. The molecule has 0 saturated carbocycles. The molecule has 2 rings (SSSR count). The fraction of sp³-hybridized carbons (Fsp3) is 0.857. The van der Waals surface area contributed by atoms with Crippen LogP contribution in [0.4, 0.5) is 0 Å². The first-order valence-corrected chi connectivity index (χ1v) is 12.8. The highest BCUT2D eigenvalue weighted by Crippen LogP contribution is 2.36. The van der Waals surface area contributed by atoms with Crippen LogP contribution in [0.1, 0.15) is 71.1 Å². The molecular weight excluding hydrogens is 427 g/mol. The Morgan fingerprint density at radius 2 is 1.61 bits per heavy atom. The molecule has 0 aromatic heterocycles. The molecule has 0 spiro atoms. The predicted octanol–water partition coefficient (Wildman–Crippen LogP) is 3.01. The molecular formula is C21H37O9P. The van der Waals surface area contributed by atoms with Crippen LogP contribution >= 0.6 is 7.82 Å². The summed E-state index contributed by atoms with van der Waals surface area (Å²) in [5.74, 6) is -0.505. The average molecular weight is 464 g/mol. The van der Waals surface area contributed by atoms with Gasteiger partial charge in [-0.15, -0.1) is 0 Å². The molecule has 0 radical (unpaired) electrons. The highest BCUT2D eigenvalue weighted by atomic mass is 31.2. The zero-order chi connectivity index (χ0) is 22.7. The Morgan fingerprint density at radius 1 is 1.00 bits per heavy atom. The minimum absolute atomic E-state index is 0.206. The molecule has 31 heavy (non-hydrogen) atoms. The number of aliphatic hydroxyl groups is 1. The van der Waals surface area contributed by atoms with E-state index in [0.717, 1.165) is 51.4 Å². The van der Waals surface area contributed by atoms with Crippen molar-refractivity contribution in [3.05, 3.63) is 12.2 Å². The van der Waals surface area contributed by atoms with Gasteiger partial charge in [-0.25, -0.2) is 4.57 Å². The molecule has 0 amide bonds. The van der Waals surface area contributed by atoms with Crippen LogP contribution in [0.3, 0.4) is 0 Å². The van der Waals surface area contributed by atoms with E-state index in [1.165, 1.54) is 0 Å². The minimum atomic E-state index is -4.65. The number of esters is 1. The van der Waals surface area contributed by atoms with Crippen molar-refractivity contribution in [2.45, 2.75) is 102 Å². The number of phosphoric acid groups is 1. The lowest BCUT2D eigenvalue weighted by atomic mass is 10.1. The van der Waals surface area contributed by atoms with E-state index in [9.17, 15) is 9.36 Å². The van der Waals surface area contributed by atoms with Crippen molar-refractivity contribution in [1.29, 1.82) is 0 Å². The van der Waals surface area contributed by atoms with Crippen LogP contribution < -0.4 is 0 Å². The topological polar surface area (TPSA) is 138 Å². The maximum absolute atomic E-state index is 11.7. The lowest BCUT2D eigenvalue weighted by Crippen LogP contribution is -2.26. The maximum Gasteiger partial charge on any atom is 0.469 e. The van der Waals surface area contributed by atoms with E-state index in [1.807, 2.05) is 0 Å². The van der Waals surface area contributed by atoms with Gasteiger partial charge in [-0.1, -0.05) is 44.8 Å². The summed E-state index contributed by atoms with van der Waals surface area (Å²) in [4.78, 5) is 29.0. The summed E-state index contributed by atoms with van der Waals surface area (Å²) in [7, 11) is -4.65. The number of phosphoric ester groups is 1. The van der Waals surface area contributed by atoms with Crippen LogP contribution in [-0.2, 0) is 28.1 Å². The number of carbonyl (C=O) groups excluding carboxylic acids is 1. The summed E-state index contributed by atoms with van der Waals surface area (Å²) < 4.78 is 31.1. The van der Waals surface area contributed by atoms with Gasteiger partial charge in [0, 0.05) is 6.42 Å². The van der Waals surface area contributed by atoms with Crippen molar-refractivity contribution >= 4 is 13.8 Å². The average Bonchev–Trinajstić information content (AvgIpc) is 3.63. The van der Waals surface area contributed by atoms with Crippen molar-refractivity contribution in [3.8, 4) is 0 Å². The second-order valence-electron chi connectivity index (χ2n) is 8.16. The van der Waals surface area contributed by atoms with Gasteiger partial charge in [0.25, 0.3) is 0 Å². The number of hydrogen-bond acceptors (Lipinski definition) is 7. The first kappa shape index (κ1) is 26.5. The third-order valence-electron chi connectivity index (χ3n) is 5.48. The van der Waals surface area contributed by atoms with Gasteiger partial charge >= 0.3 is 13.8 Å². The van der Waals surface area contributed by atoms with Crippen molar-refractivity contribution < 1.29 is 43.0 Å². The number of aliphatic hydroxyl groups excluding tert-OH is 1. The van der Waals surface area contributed by atoms with E-state index in [2.05, 4.69) is 23.6 Å². The van der Waals surface area contributed by atoms with Gasteiger partial charge in [-0.3, -0.25) is 9.32 Å². The highest BCUT2D eigenvalue weighted by molar-refractivity contribution is 7.46. The molecule has 5 unspecified atom stereocenters. The Hall–Kier alpha value is -0.800. The third-order valence-corrected chi connectivity index (χ3v) is 5.97. The first-order valence-electron chi connectivity index (χ1n) is 11.3. The predicted molar refractivity (Wildman–Crippen MR) is 113 cm³/mol. The van der Waals surface area contributed by atoms with E-state index < -0.39 is 33.1 Å². The Morgan fingerprint density at radius 3 is 2.23 bits per heavy atom. The summed E-state index contributed by atoms with van der Waals surface area (Å²) in [6, 6.07) is 0. The van der Waals surface area contributed by atoms with E-state index in [1.54, 1.807) is 0 Å². The highest BCUT2D eigenvalue weighted by Gasteiger charge is 2.37. The van der Waals surface area contributed by atoms with E-state index in [4.69, 9.17) is 29.1 Å². The molecule has 2 aliphatic heterocycles. The number of hydrogen-bond donors (Lipinski definition) is 3. The van der Waals surface area contributed by atoms with E-state index >= 15 is 0 Å². The van der Waals surface area contributed by atoms with E-state index in [-0.39, 0.29) is 6.42 Å². The Bertz CT molecular complexity index is 606. The van der Waals surface area contributed by atoms with Gasteiger partial charge < -0.3 is 29.1 Å². The van der Waals surface area contributed by atoms with Gasteiger partial charge in [-0.2, -0.15) is 0 Å². The molecule has 0 aromatic carbocycles. The number of unbranched alkanes of at least 4 members (excludes halogenated alkanes) is 4. The van der Waals surface area contributed by atoms with Gasteiger partial charge in [0.1, 0.15) is 6.10 Å². The minimum Gasteiger partial charge on any atom is -0.457 e. The van der Waals surface area contributed by atoms with Crippen LogP contribution in [0.5, 0.6) is 0 Å². The summed E-state index contributed by atoms with van der Waals surface area (Å²) >= 11 is 0. The quantitative estimate of drug-likeness (QED) is 0.0918. The zero-order valence-electron chi connectivity index (χ0n) is 18.3. The molecule has 180 valence electrons. The Labute approximate surface area is 184 Å². The number of carbonyl (C=O) groups is 1. The number of rotatable bonds is 18. The van der Waals surface area contributed by atoms with Crippen LogP contribution in [0.25, 0.3) is 0 Å². The molecule has 0 aromatic rings. The van der Waals surface area contributed by atoms with Crippen LogP contribution in [0.15, 0.2) is 12.2 Å². The smallest absolute Gasteiger partial charge is 0.457 e. The van der Waals surface area contributed by atoms with Crippen molar-refractivity contribution in [3.63, 3.8) is 0 Å². The summed E-state index contributed by atoms with van der Waals surface area (Å²) in [6.45, 7) is 1.05. The van der Waals surface area contributed by atoms with Gasteiger partial charge in [0.2, 0.25) is 0 Å². The van der Waals surface area contributed by atoms with Gasteiger partial charge in [0.05, 0.1) is 37.6 Å². The fourth-order valence-electron chi connectivity index (χ4n) is 3.54. The normalized spacial score (nSPS) is 26.2. The molecule has 2 heterocycles. The lowest BCUT2D eigenvalue weighted by Gasteiger charge is -2.15. The molecule has 2 aliphatic rings. The molecule has 9 nitrogen and oxygen atoms in total. The fourth-order valence-corrected chi connectivity index (χ4v) is 3.90. The summed E-state index contributed by atoms with van der Waals surface area (Å²) in [5, 5.41) is 9.08. The monoisotopic (exact) mass is 464 g/mol.